The molecule has 2 heterocycles. The van der Waals surface area contributed by atoms with Crippen molar-refractivity contribution in [1.29, 1.82) is 0 Å². The van der Waals surface area contributed by atoms with Crippen LogP contribution >= 0.6 is 11.6 Å². The second kappa shape index (κ2) is 5.96. The van der Waals surface area contributed by atoms with E-state index in [0.717, 1.165) is 36.8 Å². The standard InChI is InChI=1S/C19H27BClNO3/c1-17(2)18(3,4)25-20(24-17)14-5-6-15(16(21)13-14)19(7-8-19)22-9-11-23-12-10-22/h5-6,13H,7-12H2,1-4H3. The molecule has 0 radical (unpaired) electrons. The number of rotatable bonds is 3. The maximum Gasteiger partial charge on any atom is 0.494 e. The van der Waals surface area contributed by atoms with E-state index >= 15 is 0 Å². The van der Waals surface area contributed by atoms with E-state index < -0.39 is 0 Å². The molecule has 4 rings (SSSR count). The van der Waals surface area contributed by atoms with Crippen molar-refractivity contribution in [3.63, 3.8) is 0 Å². The summed E-state index contributed by atoms with van der Waals surface area (Å²) in [5.74, 6) is 0. The van der Waals surface area contributed by atoms with Gasteiger partial charge >= 0.3 is 7.12 Å². The van der Waals surface area contributed by atoms with Gasteiger partial charge in [0.25, 0.3) is 0 Å². The Labute approximate surface area is 155 Å². The summed E-state index contributed by atoms with van der Waals surface area (Å²) in [4.78, 5) is 2.53. The second-order valence-corrected chi connectivity index (χ2v) is 8.87. The first-order valence-corrected chi connectivity index (χ1v) is 9.61. The van der Waals surface area contributed by atoms with Crippen LogP contribution in [0.3, 0.4) is 0 Å². The van der Waals surface area contributed by atoms with Gasteiger partial charge in [0.15, 0.2) is 0 Å². The smallest absolute Gasteiger partial charge is 0.399 e. The normalized spacial score (nSPS) is 27.5. The van der Waals surface area contributed by atoms with Crippen molar-refractivity contribution in [2.45, 2.75) is 57.3 Å². The third kappa shape index (κ3) is 2.94. The summed E-state index contributed by atoms with van der Waals surface area (Å²) >= 11 is 6.72. The lowest BCUT2D eigenvalue weighted by Gasteiger charge is -2.35. The number of morpholine rings is 1. The van der Waals surface area contributed by atoms with Crippen LogP contribution in [-0.2, 0) is 19.6 Å². The van der Waals surface area contributed by atoms with Crippen molar-refractivity contribution in [3.8, 4) is 0 Å². The number of hydrogen-bond acceptors (Lipinski definition) is 4. The first-order chi connectivity index (χ1) is 11.8. The van der Waals surface area contributed by atoms with Gasteiger partial charge in [-0.15, -0.1) is 0 Å². The van der Waals surface area contributed by atoms with Crippen molar-refractivity contribution in [2.75, 3.05) is 26.3 Å². The number of hydrogen-bond donors (Lipinski definition) is 0. The van der Waals surface area contributed by atoms with Crippen molar-refractivity contribution < 1.29 is 14.0 Å². The molecule has 2 aliphatic heterocycles. The molecular formula is C19H27BClNO3. The van der Waals surface area contributed by atoms with E-state index in [1.165, 1.54) is 18.4 Å². The Balaban J connectivity index is 1.58. The Morgan fingerprint density at radius 1 is 1.00 bits per heavy atom. The van der Waals surface area contributed by atoms with Gasteiger partial charge in [-0.2, -0.15) is 0 Å². The number of nitrogens with zero attached hydrogens (tertiary/aromatic N) is 1. The van der Waals surface area contributed by atoms with Crippen molar-refractivity contribution >= 4 is 24.2 Å². The van der Waals surface area contributed by atoms with E-state index in [4.69, 9.17) is 25.6 Å². The van der Waals surface area contributed by atoms with Crippen molar-refractivity contribution in [1.82, 2.24) is 4.90 Å². The molecule has 136 valence electrons. The maximum atomic E-state index is 6.72. The highest BCUT2D eigenvalue weighted by Gasteiger charge is 2.53. The predicted molar refractivity (Wildman–Crippen MR) is 100 cm³/mol. The minimum Gasteiger partial charge on any atom is -0.399 e. The third-order valence-corrected chi connectivity index (χ3v) is 6.67. The summed E-state index contributed by atoms with van der Waals surface area (Å²) in [7, 11) is -0.366. The molecule has 6 heteroatoms. The van der Waals surface area contributed by atoms with Gasteiger partial charge in [-0.3, -0.25) is 4.90 Å². The fraction of sp³-hybridized carbons (Fsp3) is 0.684. The monoisotopic (exact) mass is 363 g/mol. The first-order valence-electron chi connectivity index (χ1n) is 9.24. The summed E-state index contributed by atoms with van der Waals surface area (Å²) < 4.78 is 17.8. The van der Waals surface area contributed by atoms with E-state index in [9.17, 15) is 0 Å². The molecule has 1 aromatic rings. The van der Waals surface area contributed by atoms with Gasteiger partial charge in [0.05, 0.1) is 24.4 Å². The highest BCUT2D eigenvalue weighted by atomic mass is 35.5. The zero-order valence-corrected chi connectivity index (χ0v) is 16.4. The number of ether oxygens (including phenoxy) is 1. The van der Waals surface area contributed by atoms with Gasteiger partial charge in [-0.1, -0.05) is 23.7 Å². The lowest BCUT2D eigenvalue weighted by molar-refractivity contribution is 0.00578. The quantitative estimate of drug-likeness (QED) is 0.773. The Hall–Kier alpha value is -0.585. The summed E-state index contributed by atoms with van der Waals surface area (Å²) in [6.07, 6.45) is 2.34. The van der Waals surface area contributed by atoms with E-state index in [1.807, 2.05) is 6.07 Å². The molecule has 0 amide bonds. The van der Waals surface area contributed by atoms with Crippen LogP contribution in [0.25, 0.3) is 0 Å². The summed E-state index contributed by atoms with van der Waals surface area (Å²) in [5.41, 5.74) is 1.65. The molecule has 0 bridgehead atoms. The molecule has 0 unspecified atom stereocenters. The molecule has 1 aromatic carbocycles. The number of benzene rings is 1. The van der Waals surface area contributed by atoms with E-state index in [-0.39, 0.29) is 23.9 Å². The molecule has 1 saturated carbocycles. The van der Waals surface area contributed by atoms with Crippen LogP contribution in [0, 0.1) is 0 Å². The minimum absolute atomic E-state index is 0.106. The Morgan fingerprint density at radius 3 is 2.12 bits per heavy atom. The van der Waals surface area contributed by atoms with Crippen LogP contribution in [0.2, 0.25) is 5.02 Å². The van der Waals surface area contributed by atoms with E-state index in [1.54, 1.807) is 0 Å². The molecule has 1 aliphatic carbocycles. The molecule has 3 fully saturated rings. The first kappa shape index (κ1) is 17.8. The third-order valence-electron chi connectivity index (χ3n) is 6.36. The largest absolute Gasteiger partial charge is 0.494 e. The predicted octanol–water partition coefficient (Wildman–Crippen LogP) is 2.96. The highest BCUT2D eigenvalue weighted by Crippen LogP contribution is 2.53. The maximum absolute atomic E-state index is 6.72. The zero-order chi connectivity index (χ0) is 17.9. The summed E-state index contributed by atoms with van der Waals surface area (Å²) in [6.45, 7) is 11.9. The lowest BCUT2D eigenvalue weighted by Crippen LogP contribution is -2.44. The van der Waals surface area contributed by atoms with E-state index in [2.05, 4.69) is 44.7 Å². The van der Waals surface area contributed by atoms with Crippen LogP contribution in [-0.4, -0.2) is 49.5 Å². The number of halogens is 1. The van der Waals surface area contributed by atoms with Gasteiger partial charge in [-0.05, 0) is 57.6 Å². The average molecular weight is 364 g/mol. The van der Waals surface area contributed by atoms with Crippen LogP contribution < -0.4 is 5.46 Å². The lowest BCUT2D eigenvalue weighted by atomic mass is 9.78. The van der Waals surface area contributed by atoms with Crippen LogP contribution in [0.15, 0.2) is 18.2 Å². The second-order valence-electron chi connectivity index (χ2n) is 8.46. The van der Waals surface area contributed by atoms with Crippen LogP contribution in [0.1, 0.15) is 46.1 Å². The van der Waals surface area contributed by atoms with Crippen LogP contribution in [0.4, 0.5) is 0 Å². The SMILES string of the molecule is CC1(C)OB(c2ccc(C3(N4CCOCC4)CC3)c(Cl)c2)OC1(C)C. The van der Waals surface area contributed by atoms with Gasteiger partial charge in [0, 0.05) is 23.7 Å². The molecule has 0 aromatic heterocycles. The Morgan fingerprint density at radius 2 is 1.60 bits per heavy atom. The topological polar surface area (TPSA) is 30.9 Å². The molecule has 0 spiro atoms. The summed E-state index contributed by atoms with van der Waals surface area (Å²) in [5, 5.41) is 0.816. The highest BCUT2D eigenvalue weighted by molar-refractivity contribution is 6.62. The average Bonchev–Trinajstić information content (AvgIpc) is 3.32. The minimum atomic E-state index is -0.366. The van der Waals surface area contributed by atoms with Gasteiger partial charge in [0.2, 0.25) is 0 Å². The van der Waals surface area contributed by atoms with Crippen molar-refractivity contribution in [3.05, 3.63) is 28.8 Å². The Kier molecular flexibility index (Phi) is 4.25. The molecule has 0 N–H and O–H groups in total. The Bertz CT molecular complexity index is 653. The fourth-order valence-corrected chi connectivity index (χ4v) is 4.27. The molecule has 3 aliphatic rings. The molecule has 25 heavy (non-hydrogen) atoms. The molecular weight excluding hydrogens is 336 g/mol. The van der Waals surface area contributed by atoms with Gasteiger partial charge in [0.1, 0.15) is 0 Å². The summed E-state index contributed by atoms with van der Waals surface area (Å²) in [6, 6.07) is 6.31. The van der Waals surface area contributed by atoms with Crippen molar-refractivity contribution in [2.24, 2.45) is 0 Å². The van der Waals surface area contributed by atoms with E-state index in [0.29, 0.717) is 0 Å². The fourth-order valence-electron chi connectivity index (χ4n) is 3.90. The molecule has 0 atom stereocenters. The molecule has 2 saturated heterocycles. The molecule has 4 nitrogen and oxygen atoms in total. The van der Waals surface area contributed by atoms with Gasteiger partial charge in [-0.25, -0.2) is 0 Å². The van der Waals surface area contributed by atoms with Crippen LogP contribution in [0.5, 0.6) is 0 Å². The zero-order valence-electron chi connectivity index (χ0n) is 15.6. The van der Waals surface area contributed by atoms with Gasteiger partial charge < -0.3 is 14.0 Å².